The number of nitrogens with one attached hydrogen (secondary N) is 1. The molecule has 0 aromatic heterocycles. The minimum absolute atomic E-state index is 0.00211. The third-order valence-electron chi connectivity index (χ3n) is 5.51. The van der Waals surface area contributed by atoms with Crippen LogP contribution in [0.25, 0.3) is 0 Å². The van der Waals surface area contributed by atoms with Crippen molar-refractivity contribution < 1.29 is 33.8 Å². The van der Waals surface area contributed by atoms with Crippen molar-refractivity contribution in [3.8, 4) is 5.75 Å². The fourth-order valence-corrected chi connectivity index (χ4v) is 3.41. The summed E-state index contributed by atoms with van der Waals surface area (Å²) in [6.45, 7) is 2.75. The number of ether oxygens (including phenoxy) is 2. The molecule has 226 valence electrons. The summed E-state index contributed by atoms with van der Waals surface area (Å²) in [5.74, 6) is -3.29. The fraction of sp³-hybridized carbons (Fsp3) is 0.353. The van der Waals surface area contributed by atoms with Crippen LogP contribution in [0.15, 0.2) is 97.2 Å². The molecule has 0 fully saturated rings. The molecule has 1 aromatic carbocycles. The van der Waals surface area contributed by atoms with E-state index < -0.39 is 36.5 Å². The van der Waals surface area contributed by atoms with Gasteiger partial charge in [-0.05, 0) is 57.1 Å². The number of carboxylic acids is 1. The van der Waals surface area contributed by atoms with Gasteiger partial charge in [0.15, 0.2) is 6.04 Å². The molecule has 1 rings (SSSR count). The van der Waals surface area contributed by atoms with Crippen molar-refractivity contribution in [1.29, 1.82) is 0 Å². The van der Waals surface area contributed by atoms with Crippen LogP contribution in [0.4, 0.5) is 0 Å². The van der Waals surface area contributed by atoms with Crippen molar-refractivity contribution in [2.45, 2.75) is 71.3 Å². The number of amides is 1. The van der Waals surface area contributed by atoms with E-state index in [9.17, 15) is 24.3 Å². The maximum Gasteiger partial charge on any atom is 0.342 e. The van der Waals surface area contributed by atoms with Gasteiger partial charge < -0.3 is 19.9 Å². The van der Waals surface area contributed by atoms with E-state index in [1.807, 2.05) is 18.2 Å². The molecule has 0 spiro atoms. The van der Waals surface area contributed by atoms with Crippen molar-refractivity contribution in [3.05, 3.63) is 103 Å². The first kappa shape index (κ1) is 35.6. The molecule has 8 nitrogen and oxygen atoms in total. The maximum absolute atomic E-state index is 12.4. The van der Waals surface area contributed by atoms with E-state index in [4.69, 9.17) is 9.47 Å². The van der Waals surface area contributed by atoms with Gasteiger partial charge in [-0.25, -0.2) is 9.59 Å². The molecule has 0 radical (unpaired) electrons. The normalized spacial score (nSPS) is 12.7. The predicted octanol–water partition coefficient (Wildman–Crippen LogP) is 6.82. The van der Waals surface area contributed by atoms with Gasteiger partial charge in [0.1, 0.15) is 17.9 Å². The SMILES string of the molecule is CC/C=C\C/C=C\C/C=C\C/C=C\C/C=C\C/C=C\CCC(=O)NC(COC(=O)c1ccccc1OC(C)=O)C(=O)O. The quantitative estimate of drug-likeness (QED) is 0.0992. The number of carboxylic acid groups (broad SMARTS) is 1. The topological polar surface area (TPSA) is 119 Å². The van der Waals surface area contributed by atoms with Gasteiger partial charge in [-0.1, -0.05) is 92.0 Å². The molecule has 8 heteroatoms. The third kappa shape index (κ3) is 18.0. The number of hydrogen-bond donors (Lipinski definition) is 2. The van der Waals surface area contributed by atoms with Crippen LogP contribution in [0.2, 0.25) is 0 Å². The second kappa shape index (κ2) is 23.3. The van der Waals surface area contributed by atoms with Gasteiger partial charge in [0, 0.05) is 13.3 Å². The predicted molar refractivity (Wildman–Crippen MR) is 165 cm³/mol. The van der Waals surface area contributed by atoms with Crippen LogP contribution in [0.1, 0.15) is 75.6 Å². The zero-order chi connectivity index (χ0) is 30.8. The molecule has 0 aliphatic carbocycles. The number of aliphatic carboxylic acids is 1. The van der Waals surface area contributed by atoms with E-state index in [0.717, 1.165) is 38.5 Å². The van der Waals surface area contributed by atoms with Crippen molar-refractivity contribution >= 4 is 23.8 Å². The summed E-state index contributed by atoms with van der Waals surface area (Å²) in [5, 5.41) is 11.8. The highest BCUT2D eigenvalue weighted by molar-refractivity contribution is 5.93. The number of carbonyl (C=O) groups is 4. The van der Waals surface area contributed by atoms with Gasteiger partial charge in [-0.3, -0.25) is 9.59 Å². The summed E-state index contributed by atoms with van der Waals surface area (Å²) in [7, 11) is 0. The van der Waals surface area contributed by atoms with Gasteiger partial charge >= 0.3 is 17.9 Å². The Morgan fingerprint density at radius 2 is 1.29 bits per heavy atom. The highest BCUT2D eigenvalue weighted by atomic mass is 16.5. The number of benzene rings is 1. The summed E-state index contributed by atoms with van der Waals surface area (Å²) in [5.41, 5.74) is -0.0270. The Bertz CT molecular complexity index is 1160. The van der Waals surface area contributed by atoms with Gasteiger partial charge in [0.25, 0.3) is 0 Å². The second-order valence-corrected chi connectivity index (χ2v) is 9.10. The van der Waals surface area contributed by atoms with Gasteiger partial charge in [0.05, 0.1) is 0 Å². The molecular weight excluding hydrogens is 534 g/mol. The van der Waals surface area contributed by atoms with E-state index in [0.29, 0.717) is 6.42 Å². The summed E-state index contributed by atoms with van der Waals surface area (Å²) in [4.78, 5) is 47.3. The monoisotopic (exact) mass is 577 g/mol. The van der Waals surface area contributed by atoms with E-state index in [1.54, 1.807) is 12.1 Å². The summed E-state index contributed by atoms with van der Waals surface area (Å²) >= 11 is 0. The lowest BCUT2D eigenvalue weighted by Crippen LogP contribution is -2.44. The zero-order valence-electron chi connectivity index (χ0n) is 24.6. The lowest BCUT2D eigenvalue weighted by molar-refractivity contribution is -0.143. The highest BCUT2D eigenvalue weighted by Crippen LogP contribution is 2.19. The maximum atomic E-state index is 12.4. The lowest BCUT2D eigenvalue weighted by Gasteiger charge is -2.15. The van der Waals surface area contributed by atoms with Crippen LogP contribution in [0.5, 0.6) is 5.75 Å². The number of rotatable bonds is 20. The Morgan fingerprint density at radius 3 is 1.79 bits per heavy atom. The molecule has 0 aliphatic heterocycles. The van der Waals surface area contributed by atoms with E-state index >= 15 is 0 Å². The molecule has 0 bridgehead atoms. The van der Waals surface area contributed by atoms with Crippen molar-refractivity contribution in [1.82, 2.24) is 5.32 Å². The molecule has 1 unspecified atom stereocenters. The molecule has 0 heterocycles. The first-order chi connectivity index (χ1) is 20.3. The van der Waals surface area contributed by atoms with Crippen LogP contribution in [0, 0.1) is 0 Å². The third-order valence-corrected chi connectivity index (χ3v) is 5.51. The Kier molecular flexibility index (Phi) is 19.7. The Labute approximate surface area is 249 Å². The Morgan fingerprint density at radius 1 is 0.786 bits per heavy atom. The Balaban J connectivity index is 2.26. The van der Waals surface area contributed by atoms with Crippen LogP contribution in [-0.4, -0.2) is 41.6 Å². The first-order valence-corrected chi connectivity index (χ1v) is 14.2. The molecule has 2 N–H and O–H groups in total. The van der Waals surface area contributed by atoms with Crippen molar-refractivity contribution in [2.75, 3.05) is 6.61 Å². The van der Waals surface area contributed by atoms with Crippen LogP contribution in [-0.2, 0) is 19.1 Å². The molecule has 0 saturated carbocycles. The number of allylic oxidation sites excluding steroid dienone is 12. The fourth-order valence-electron chi connectivity index (χ4n) is 3.41. The Hall–Kier alpha value is -4.46. The summed E-state index contributed by atoms with van der Waals surface area (Å²) in [6, 6.07) is 4.53. The van der Waals surface area contributed by atoms with Gasteiger partial charge in [-0.15, -0.1) is 0 Å². The molecule has 42 heavy (non-hydrogen) atoms. The first-order valence-electron chi connectivity index (χ1n) is 14.2. The molecular formula is C34H43NO7. The molecule has 0 saturated heterocycles. The van der Waals surface area contributed by atoms with Gasteiger partial charge in [0.2, 0.25) is 5.91 Å². The van der Waals surface area contributed by atoms with Crippen LogP contribution in [0.3, 0.4) is 0 Å². The van der Waals surface area contributed by atoms with Crippen molar-refractivity contribution in [3.63, 3.8) is 0 Å². The van der Waals surface area contributed by atoms with E-state index in [2.05, 4.69) is 66.9 Å². The molecule has 1 amide bonds. The average Bonchev–Trinajstić information content (AvgIpc) is 2.96. The second-order valence-electron chi connectivity index (χ2n) is 9.10. The number of carbonyl (C=O) groups excluding carboxylic acids is 3. The summed E-state index contributed by atoms with van der Waals surface area (Å²) in [6.07, 6.45) is 31.2. The minimum atomic E-state index is -1.41. The zero-order valence-corrected chi connectivity index (χ0v) is 24.6. The number of para-hydroxylation sites is 1. The summed E-state index contributed by atoms with van der Waals surface area (Å²) < 4.78 is 10.0. The standard InChI is InChI=1S/C34H43NO7/c1-3-4-5-6-7-8-9-10-11-12-13-14-15-16-17-18-19-20-21-26-32(37)35-30(33(38)39)27-41-34(40)29-24-22-23-25-31(29)42-28(2)36/h4-5,7-8,10-11,13-14,16-17,19-20,22-25,30H,3,6,9,12,15,18,21,26-27H2,1-2H3,(H,35,37)(H,38,39)/b5-4-,8-7-,11-10-,14-13-,17-16-,20-19-. The number of hydrogen-bond acceptors (Lipinski definition) is 6. The molecule has 1 atom stereocenters. The van der Waals surface area contributed by atoms with Crippen molar-refractivity contribution in [2.24, 2.45) is 0 Å². The smallest absolute Gasteiger partial charge is 0.342 e. The van der Waals surface area contributed by atoms with E-state index in [1.165, 1.54) is 19.1 Å². The van der Waals surface area contributed by atoms with E-state index in [-0.39, 0.29) is 17.7 Å². The molecule has 1 aromatic rings. The lowest BCUT2D eigenvalue weighted by atomic mass is 10.2. The van der Waals surface area contributed by atoms with Crippen LogP contribution >= 0.6 is 0 Å². The minimum Gasteiger partial charge on any atom is -0.480 e. The number of esters is 2. The largest absolute Gasteiger partial charge is 0.480 e. The van der Waals surface area contributed by atoms with Crippen LogP contribution < -0.4 is 10.1 Å². The van der Waals surface area contributed by atoms with Gasteiger partial charge in [-0.2, -0.15) is 0 Å². The molecule has 0 aliphatic rings. The highest BCUT2D eigenvalue weighted by Gasteiger charge is 2.23. The average molecular weight is 578 g/mol.